The smallest absolute Gasteiger partial charge is 0.163 e. The van der Waals surface area contributed by atoms with Crippen LogP contribution in [-0.4, -0.2) is 16.0 Å². The molecule has 1 aromatic heterocycles. The molecule has 0 saturated carbocycles. The van der Waals surface area contributed by atoms with Crippen LogP contribution in [0.2, 0.25) is 0 Å². The summed E-state index contributed by atoms with van der Waals surface area (Å²) in [6.07, 6.45) is 1.49. The Kier molecular flexibility index (Phi) is 3.65. The van der Waals surface area contributed by atoms with Crippen LogP contribution in [-0.2, 0) is 6.42 Å². The van der Waals surface area contributed by atoms with Crippen LogP contribution in [0.3, 0.4) is 0 Å². The maximum Gasteiger partial charge on any atom is 0.163 e. The summed E-state index contributed by atoms with van der Waals surface area (Å²) in [5, 5.41) is 14.3. The van der Waals surface area contributed by atoms with Crippen molar-refractivity contribution in [1.82, 2.24) is 5.16 Å². The van der Waals surface area contributed by atoms with Gasteiger partial charge in [-0.3, -0.25) is 0 Å². The van der Waals surface area contributed by atoms with E-state index in [4.69, 9.17) is 9.52 Å². The number of fused-ring (bicyclic) bond motifs is 1. The number of benzene rings is 2. The van der Waals surface area contributed by atoms with E-state index in [2.05, 4.69) is 17.3 Å². The van der Waals surface area contributed by atoms with Gasteiger partial charge in [0, 0.05) is 12.0 Å². The van der Waals surface area contributed by atoms with E-state index in [0.29, 0.717) is 0 Å². The van der Waals surface area contributed by atoms with E-state index < -0.39 is 0 Å². The Morgan fingerprint density at radius 1 is 1.00 bits per heavy atom. The normalized spacial score (nSPS) is 17.0. The van der Waals surface area contributed by atoms with E-state index in [0.717, 1.165) is 41.3 Å². The molecule has 0 bridgehead atoms. The van der Waals surface area contributed by atoms with Crippen molar-refractivity contribution < 1.29 is 9.63 Å². The Morgan fingerprint density at radius 3 is 2.54 bits per heavy atom. The first-order valence-corrected chi connectivity index (χ1v) is 8.08. The lowest BCUT2D eigenvalue weighted by atomic mass is 9.88. The van der Waals surface area contributed by atoms with Crippen LogP contribution in [0.25, 0.3) is 0 Å². The number of phenolic OH excluding ortho intramolecular Hbond substituents is 1. The topological polar surface area (TPSA) is 58.6 Å². The summed E-state index contributed by atoms with van der Waals surface area (Å²) in [6.45, 7) is 1.90. The minimum atomic E-state index is 0.234. The van der Waals surface area contributed by atoms with E-state index in [1.54, 1.807) is 6.07 Å². The largest absolute Gasteiger partial charge is 0.507 e. The number of aromatic nitrogens is 1. The third kappa shape index (κ3) is 2.60. The summed E-state index contributed by atoms with van der Waals surface area (Å²) in [6, 6.07) is 17.7. The van der Waals surface area contributed by atoms with Crippen LogP contribution in [0.4, 0.5) is 5.69 Å². The highest BCUT2D eigenvalue weighted by molar-refractivity contribution is 6.05. The number of nitrogens with zero attached hydrogens (tertiary/aromatic N) is 2. The van der Waals surface area contributed by atoms with Gasteiger partial charge in [-0.15, -0.1) is 0 Å². The molecule has 0 fully saturated rings. The number of rotatable bonds is 2. The molecule has 1 aliphatic rings. The highest BCUT2D eigenvalue weighted by Gasteiger charge is 2.26. The summed E-state index contributed by atoms with van der Waals surface area (Å²) >= 11 is 0. The van der Waals surface area contributed by atoms with Gasteiger partial charge in [0.05, 0.1) is 5.71 Å². The van der Waals surface area contributed by atoms with Gasteiger partial charge in [-0.2, -0.15) is 0 Å². The SMILES string of the molecule is Cc1noc2c1N=C(c1ccccc1O)C[C@H](c1ccccc1)C2. The van der Waals surface area contributed by atoms with Gasteiger partial charge in [-0.1, -0.05) is 47.6 Å². The summed E-state index contributed by atoms with van der Waals surface area (Å²) in [4.78, 5) is 4.81. The molecule has 0 amide bonds. The molecule has 0 saturated heterocycles. The van der Waals surface area contributed by atoms with Crippen LogP contribution in [0, 0.1) is 6.92 Å². The van der Waals surface area contributed by atoms with Crippen molar-refractivity contribution in [2.75, 3.05) is 0 Å². The molecule has 1 N–H and O–H groups in total. The molecule has 4 rings (SSSR count). The fraction of sp³-hybridized carbons (Fsp3) is 0.200. The predicted octanol–water partition coefficient (Wildman–Crippen LogP) is 4.54. The second-order valence-electron chi connectivity index (χ2n) is 6.13. The Hall–Kier alpha value is -2.88. The molecule has 0 unspecified atom stereocenters. The molecule has 120 valence electrons. The van der Waals surface area contributed by atoms with Crippen molar-refractivity contribution in [3.63, 3.8) is 0 Å². The third-order valence-electron chi connectivity index (χ3n) is 4.50. The molecular formula is C20H18N2O2. The van der Waals surface area contributed by atoms with Crippen LogP contribution in [0.15, 0.2) is 64.1 Å². The summed E-state index contributed by atoms with van der Waals surface area (Å²) in [5.41, 5.74) is 4.46. The van der Waals surface area contributed by atoms with E-state index in [-0.39, 0.29) is 11.7 Å². The number of phenols is 1. The van der Waals surface area contributed by atoms with E-state index in [9.17, 15) is 5.11 Å². The lowest BCUT2D eigenvalue weighted by molar-refractivity contribution is 0.373. The molecule has 4 heteroatoms. The second-order valence-corrected chi connectivity index (χ2v) is 6.13. The van der Waals surface area contributed by atoms with Gasteiger partial charge in [-0.25, -0.2) is 4.99 Å². The molecular weight excluding hydrogens is 300 g/mol. The summed E-state index contributed by atoms with van der Waals surface area (Å²) in [5.74, 6) is 1.30. The zero-order valence-electron chi connectivity index (χ0n) is 13.4. The van der Waals surface area contributed by atoms with Gasteiger partial charge >= 0.3 is 0 Å². The molecule has 4 nitrogen and oxygen atoms in total. The first kappa shape index (κ1) is 14.7. The molecule has 1 aliphatic heterocycles. The van der Waals surface area contributed by atoms with Crippen molar-refractivity contribution in [1.29, 1.82) is 0 Å². The van der Waals surface area contributed by atoms with Gasteiger partial charge in [0.15, 0.2) is 5.76 Å². The van der Waals surface area contributed by atoms with Gasteiger partial charge in [-0.05, 0) is 37.0 Å². The Morgan fingerprint density at radius 2 is 1.75 bits per heavy atom. The Labute approximate surface area is 140 Å². The monoisotopic (exact) mass is 318 g/mol. The Balaban J connectivity index is 1.84. The van der Waals surface area contributed by atoms with E-state index in [1.807, 2.05) is 43.3 Å². The van der Waals surface area contributed by atoms with E-state index in [1.165, 1.54) is 5.56 Å². The predicted molar refractivity (Wildman–Crippen MR) is 93.0 cm³/mol. The van der Waals surface area contributed by atoms with Crippen molar-refractivity contribution in [2.24, 2.45) is 4.99 Å². The standard InChI is InChI=1S/C20H18N2O2/c1-13-20-19(24-22-13)12-15(14-7-3-2-4-8-14)11-17(21-20)16-9-5-6-10-18(16)23/h2-10,15,23H,11-12H2,1H3/t15-/m0/s1. The van der Waals surface area contributed by atoms with Crippen molar-refractivity contribution in [3.05, 3.63) is 77.2 Å². The molecule has 0 aliphatic carbocycles. The molecule has 0 spiro atoms. The van der Waals surface area contributed by atoms with Crippen LogP contribution >= 0.6 is 0 Å². The quantitative estimate of drug-likeness (QED) is 0.754. The van der Waals surface area contributed by atoms with Crippen molar-refractivity contribution >= 4 is 11.4 Å². The average Bonchev–Trinajstić information content (AvgIpc) is 2.84. The first-order valence-electron chi connectivity index (χ1n) is 8.08. The van der Waals surface area contributed by atoms with Crippen LogP contribution in [0.5, 0.6) is 5.75 Å². The minimum Gasteiger partial charge on any atom is -0.507 e. The van der Waals surface area contributed by atoms with Crippen molar-refractivity contribution in [2.45, 2.75) is 25.7 Å². The maximum atomic E-state index is 10.3. The first-order chi connectivity index (χ1) is 11.7. The minimum absolute atomic E-state index is 0.234. The fourth-order valence-electron chi connectivity index (χ4n) is 3.25. The third-order valence-corrected chi connectivity index (χ3v) is 4.50. The number of aryl methyl sites for hydroxylation is 1. The summed E-state index contributed by atoms with van der Waals surface area (Å²) in [7, 11) is 0. The molecule has 3 aromatic rings. The van der Waals surface area contributed by atoms with Crippen molar-refractivity contribution in [3.8, 4) is 5.75 Å². The maximum absolute atomic E-state index is 10.3. The zero-order chi connectivity index (χ0) is 16.5. The zero-order valence-corrected chi connectivity index (χ0v) is 13.4. The van der Waals surface area contributed by atoms with Gasteiger partial charge in [0.2, 0.25) is 0 Å². The van der Waals surface area contributed by atoms with Gasteiger partial charge in [0.25, 0.3) is 0 Å². The molecule has 1 atom stereocenters. The van der Waals surface area contributed by atoms with Gasteiger partial charge in [0.1, 0.15) is 17.1 Å². The lowest BCUT2D eigenvalue weighted by Crippen LogP contribution is -2.09. The highest BCUT2D eigenvalue weighted by atomic mass is 16.5. The molecule has 2 aromatic carbocycles. The summed E-state index contributed by atoms with van der Waals surface area (Å²) < 4.78 is 5.51. The molecule has 24 heavy (non-hydrogen) atoms. The number of para-hydroxylation sites is 1. The van der Waals surface area contributed by atoms with Gasteiger partial charge < -0.3 is 9.63 Å². The van der Waals surface area contributed by atoms with Crippen LogP contribution < -0.4 is 0 Å². The lowest BCUT2D eigenvalue weighted by Gasteiger charge is -2.16. The number of hydrogen-bond donors (Lipinski definition) is 1. The Bertz CT molecular complexity index is 897. The molecule has 0 radical (unpaired) electrons. The van der Waals surface area contributed by atoms with E-state index >= 15 is 0 Å². The highest BCUT2D eigenvalue weighted by Crippen LogP contribution is 2.37. The fourth-order valence-corrected chi connectivity index (χ4v) is 3.25. The number of hydrogen-bond acceptors (Lipinski definition) is 4. The average molecular weight is 318 g/mol. The van der Waals surface area contributed by atoms with Crippen LogP contribution in [0.1, 0.15) is 34.9 Å². The molecule has 2 heterocycles. The number of aliphatic imine (C=N–C) groups is 1. The number of aromatic hydroxyl groups is 1. The second kappa shape index (κ2) is 5.96.